The van der Waals surface area contributed by atoms with Gasteiger partial charge < -0.3 is 9.64 Å². The molecule has 2 aromatic heterocycles. The number of ether oxygens (including phenoxy) is 1. The normalized spacial score (nSPS) is 13.5. The highest BCUT2D eigenvalue weighted by molar-refractivity contribution is 5.75. The van der Waals surface area contributed by atoms with E-state index in [-0.39, 0.29) is 5.56 Å². The Kier molecular flexibility index (Phi) is 5.68. The van der Waals surface area contributed by atoms with Crippen LogP contribution in [0.2, 0.25) is 0 Å². The first-order valence-electron chi connectivity index (χ1n) is 10.8. The molecule has 0 saturated heterocycles. The van der Waals surface area contributed by atoms with Crippen molar-refractivity contribution in [2.75, 3.05) is 18.0 Å². The standard InChI is InChI=1S/C26H23N5O2/c1-30-25(32)16-23(22-13-14-27-18-28-22)29-26(30)31-15-7-8-19(17-31)21-11-5-6-12-24(21)33-20-9-3-2-4-10-20/h2-6,8-14,16,18H,7,15,17H2,1H3. The van der Waals surface area contributed by atoms with Crippen LogP contribution in [-0.4, -0.2) is 32.6 Å². The lowest BCUT2D eigenvalue weighted by atomic mass is 10.0. The van der Waals surface area contributed by atoms with Crippen LogP contribution in [0, 0.1) is 0 Å². The molecular formula is C26H23N5O2. The number of aromatic nitrogens is 4. The molecule has 0 N–H and O–H groups in total. The molecule has 0 radical (unpaired) electrons. The van der Waals surface area contributed by atoms with Gasteiger partial charge in [-0.1, -0.05) is 42.5 Å². The van der Waals surface area contributed by atoms with E-state index in [1.807, 2.05) is 48.5 Å². The Labute approximate surface area is 191 Å². The topological polar surface area (TPSA) is 73.1 Å². The van der Waals surface area contributed by atoms with Gasteiger partial charge in [0.2, 0.25) is 5.95 Å². The van der Waals surface area contributed by atoms with E-state index in [0.29, 0.717) is 23.9 Å². The summed E-state index contributed by atoms with van der Waals surface area (Å²) < 4.78 is 7.76. The van der Waals surface area contributed by atoms with E-state index in [1.165, 1.54) is 12.4 Å². The maximum Gasteiger partial charge on any atom is 0.255 e. The summed E-state index contributed by atoms with van der Waals surface area (Å²) in [5, 5.41) is 0. The lowest BCUT2D eigenvalue weighted by Crippen LogP contribution is -2.35. The second kappa shape index (κ2) is 9.08. The van der Waals surface area contributed by atoms with Crippen molar-refractivity contribution in [3.05, 3.63) is 101 Å². The van der Waals surface area contributed by atoms with Crippen LogP contribution in [0.15, 0.2) is 90.1 Å². The molecule has 0 atom stereocenters. The molecule has 3 heterocycles. The summed E-state index contributed by atoms with van der Waals surface area (Å²) in [4.78, 5) is 27.8. The van der Waals surface area contributed by atoms with Crippen molar-refractivity contribution in [2.45, 2.75) is 6.42 Å². The third-order valence-corrected chi connectivity index (χ3v) is 5.59. The number of hydrogen-bond acceptors (Lipinski definition) is 6. The summed E-state index contributed by atoms with van der Waals surface area (Å²) in [5.74, 6) is 2.20. The Balaban J connectivity index is 1.47. The van der Waals surface area contributed by atoms with E-state index in [1.54, 1.807) is 23.9 Å². The SMILES string of the molecule is Cn1c(N2CCC=C(c3ccccc3Oc3ccccc3)C2)nc(-c2ccncn2)cc1=O. The summed E-state index contributed by atoms with van der Waals surface area (Å²) in [6.45, 7) is 1.38. The van der Waals surface area contributed by atoms with Crippen LogP contribution in [0.3, 0.4) is 0 Å². The Morgan fingerprint density at radius 2 is 1.79 bits per heavy atom. The third kappa shape index (κ3) is 4.39. The summed E-state index contributed by atoms with van der Waals surface area (Å²) in [6.07, 6.45) is 6.17. The minimum Gasteiger partial charge on any atom is -0.457 e. The van der Waals surface area contributed by atoms with E-state index in [9.17, 15) is 4.79 Å². The van der Waals surface area contributed by atoms with E-state index in [4.69, 9.17) is 9.72 Å². The molecule has 7 nitrogen and oxygen atoms in total. The maximum atomic E-state index is 12.7. The van der Waals surface area contributed by atoms with Crippen molar-refractivity contribution in [1.82, 2.24) is 19.5 Å². The minimum absolute atomic E-state index is 0.127. The van der Waals surface area contributed by atoms with Gasteiger partial charge in [-0.15, -0.1) is 0 Å². The van der Waals surface area contributed by atoms with Crippen LogP contribution < -0.4 is 15.2 Å². The van der Waals surface area contributed by atoms with Crippen molar-refractivity contribution in [2.24, 2.45) is 7.05 Å². The smallest absolute Gasteiger partial charge is 0.255 e. The molecule has 0 saturated carbocycles. The number of anilines is 1. The van der Waals surface area contributed by atoms with Crippen molar-refractivity contribution in [3.8, 4) is 22.9 Å². The van der Waals surface area contributed by atoms with Gasteiger partial charge in [0.1, 0.15) is 17.8 Å². The average Bonchev–Trinajstić information content (AvgIpc) is 2.87. The molecule has 1 aliphatic rings. The van der Waals surface area contributed by atoms with Gasteiger partial charge in [0.05, 0.1) is 11.4 Å². The van der Waals surface area contributed by atoms with Crippen LogP contribution in [0.25, 0.3) is 17.0 Å². The molecule has 7 heteroatoms. The molecule has 164 valence electrons. The van der Waals surface area contributed by atoms with E-state index < -0.39 is 0 Å². The van der Waals surface area contributed by atoms with E-state index >= 15 is 0 Å². The largest absolute Gasteiger partial charge is 0.457 e. The highest BCUT2D eigenvalue weighted by atomic mass is 16.5. The average molecular weight is 438 g/mol. The predicted molar refractivity (Wildman–Crippen MR) is 128 cm³/mol. The number of para-hydroxylation sites is 2. The fourth-order valence-corrected chi connectivity index (χ4v) is 3.93. The molecular weight excluding hydrogens is 414 g/mol. The van der Waals surface area contributed by atoms with Crippen LogP contribution in [0.4, 0.5) is 5.95 Å². The molecule has 5 rings (SSSR count). The van der Waals surface area contributed by atoms with Crippen molar-refractivity contribution < 1.29 is 4.74 Å². The summed E-state index contributed by atoms with van der Waals surface area (Å²) in [5.41, 5.74) is 3.20. The molecule has 0 bridgehead atoms. The lowest BCUT2D eigenvalue weighted by Gasteiger charge is -2.30. The zero-order valence-electron chi connectivity index (χ0n) is 18.3. The van der Waals surface area contributed by atoms with Gasteiger partial charge in [-0.05, 0) is 36.3 Å². The van der Waals surface area contributed by atoms with Gasteiger partial charge in [0.25, 0.3) is 5.56 Å². The predicted octanol–water partition coefficient (Wildman–Crippen LogP) is 4.32. The molecule has 2 aromatic carbocycles. The Morgan fingerprint density at radius 3 is 2.61 bits per heavy atom. The van der Waals surface area contributed by atoms with Crippen molar-refractivity contribution in [1.29, 1.82) is 0 Å². The van der Waals surface area contributed by atoms with Gasteiger partial charge in [-0.3, -0.25) is 9.36 Å². The number of benzene rings is 2. The fraction of sp³-hybridized carbons (Fsp3) is 0.154. The minimum atomic E-state index is -0.127. The van der Waals surface area contributed by atoms with E-state index in [0.717, 1.165) is 35.6 Å². The summed E-state index contributed by atoms with van der Waals surface area (Å²) >= 11 is 0. The first-order chi connectivity index (χ1) is 16.2. The van der Waals surface area contributed by atoms with Crippen LogP contribution in [0.1, 0.15) is 12.0 Å². The van der Waals surface area contributed by atoms with E-state index in [2.05, 4.69) is 27.0 Å². The molecule has 0 spiro atoms. The molecule has 1 aliphatic heterocycles. The maximum absolute atomic E-state index is 12.7. The fourth-order valence-electron chi connectivity index (χ4n) is 3.93. The zero-order valence-corrected chi connectivity index (χ0v) is 18.3. The number of nitrogens with zero attached hydrogens (tertiary/aromatic N) is 5. The highest BCUT2D eigenvalue weighted by Gasteiger charge is 2.21. The van der Waals surface area contributed by atoms with Crippen LogP contribution in [0.5, 0.6) is 11.5 Å². The zero-order chi connectivity index (χ0) is 22.6. The highest BCUT2D eigenvalue weighted by Crippen LogP contribution is 2.33. The van der Waals surface area contributed by atoms with Crippen LogP contribution in [-0.2, 0) is 7.05 Å². The Bertz CT molecular complexity index is 1350. The van der Waals surface area contributed by atoms with Gasteiger partial charge >= 0.3 is 0 Å². The van der Waals surface area contributed by atoms with Gasteiger partial charge in [0.15, 0.2) is 0 Å². The number of hydrogen-bond donors (Lipinski definition) is 0. The molecule has 33 heavy (non-hydrogen) atoms. The van der Waals surface area contributed by atoms with Crippen molar-refractivity contribution in [3.63, 3.8) is 0 Å². The first kappa shape index (κ1) is 20.6. The molecule has 0 fully saturated rings. The third-order valence-electron chi connectivity index (χ3n) is 5.59. The lowest BCUT2D eigenvalue weighted by molar-refractivity contribution is 0.481. The molecule has 0 unspecified atom stereocenters. The molecule has 0 aliphatic carbocycles. The number of rotatable bonds is 5. The molecule has 0 amide bonds. The van der Waals surface area contributed by atoms with Crippen LogP contribution >= 0.6 is 0 Å². The van der Waals surface area contributed by atoms with Crippen molar-refractivity contribution >= 4 is 11.5 Å². The Hall–Kier alpha value is -4.26. The Morgan fingerprint density at radius 1 is 0.970 bits per heavy atom. The van der Waals surface area contributed by atoms with Gasteiger partial charge in [-0.2, -0.15) is 0 Å². The molecule has 4 aromatic rings. The quantitative estimate of drug-likeness (QED) is 0.463. The van der Waals surface area contributed by atoms with Gasteiger partial charge in [0, 0.05) is 38.0 Å². The second-order valence-electron chi connectivity index (χ2n) is 7.78. The second-order valence-corrected chi connectivity index (χ2v) is 7.78. The first-order valence-corrected chi connectivity index (χ1v) is 10.8. The summed E-state index contributed by atoms with van der Waals surface area (Å²) in [7, 11) is 1.75. The summed E-state index contributed by atoms with van der Waals surface area (Å²) in [6, 6.07) is 21.0. The van der Waals surface area contributed by atoms with Gasteiger partial charge in [-0.25, -0.2) is 15.0 Å². The monoisotopic (exact) mass is 437 g/mol.